The lowest BCUT2D eigenvalue weighted by Gasteiger charge is -2.37. The third-order valence-electron chi connectivity index (χ3n) is 4.76. The summed E-state index contributed by atoms with van der Waals surface area (Å²) in [5.41, 5.74) is 2.09. The van der Waals surface area contributed by atoms with Crippen LogP contribution in [0.2, 0.25) is 0 Å². The van der Waals surface area contributed by atoms with Gasteiger partial charge in [0.2, 0.25) is 5.88 Å². The molecule has 0 saturated carbocycles. The molecule has 1 saturated heterocycles. The van der Waals surface area contributed by atoms with Crippen molar-refractivity contribution in [3.8, 4) is 17.1 Å². The minimum Gasteiger partial charge on any atom is -0.597 e. The fraction of sp³-hybridized carbons (Fsp3) is 0.421. The normalized spacial score (nSPS) is 17.4. The van der Waals surface area contributed by atoms with E-state index in [1.54, 1.807) is 43.0 Å². The number of carbonyl (C=O) groups excluding carboxylic acids is 1. The van der Waals surface area contributed by atoms with Gasteiger partial charge in [-0.1, -0.05) is 16.3 Å². The van der Waals surface area contributed by atoms with Gasteiger partial charge in [0.25, 0.3) is 5.91 Å². The van der Waals surface area contributed by atoms with E-state index in [1.165, 1.54) is 11.4 Å². The molecule has 0 radical (unpaired) electrons. The lowest BCUT2D eigenvalue weighted by molar-refractivity contribution is 0.0692. The van der Waals surface area contributed by atoms with Gasteiger partial charge in [-0.2, -0.15) is 0 Å². The van der Waals surface area contributed by atoms with Crippen LogP contribution in [0.1, 0.15) is 24.2 Å². The number of ether oxygens (including phenoxy) is 1. The van der Waals surface area contributed by atoms with Crippen molar-refractivity contribution in [2.45, 2.75) is 19.1 Å². The number of piperazine rings is 1. The van der Waals surface area contributed by atoms with E-state index in [0.717, 1.165) is 5.56 Å². The average molecular weight is 404 g/mol. The summed E-state index contributed by atoms with van der Waals surface area (Å²) >= 11 is 0. The first-order valence-corrected chi connectivity index (χ1v) is 10.6. The Hall–Kier alpha value is -2.36. The molecule has 1 aromatic heterocycles. The van der Waals surface area contributed by atoms with Gasteiger partial charge in [0, 0.05) is 30.3 Å². The molecule has 28 heavy (non-hydrogen) atoms. The second-order valence-electron chi connectivity index (χ2n) is 6.82. The number of benzene rings is 1. The van der Waals surface area contributed by atoms with Crippen molar-refractivity contribution in [1.29, 1.82) is 0 Å². The van der Waals surface area contributed by atoms with Crippen LogP contribution in [0.5, 0.6) is 5.88 Å². The molecule has 2 heterocycles. The molecule has 1 aliphatic rings. The number of hydrogen-bond donors (Lipinski definition) is 0. The van der Waals surface area contributed by atoms with E-state index in [2.05, 4.69) is 10.2 Å². The molecule has 1 amide bonds. The van der Waals surface area contributed by atoms with Crippen molar-refractivity contribution < 1.29 is 18.3 Å². The van der Waals surface area contributed by atoms with Crippen molar-refractivity contribution in [3.05, 3.63) is 42.0 Å². The van der Waals surface area contributed by atoms with Crippen molar-refractivity contribution >= 4 is 16.3 Å². The van der Waals surface area contributed by atoms with Gasteiger partial charge in [-0.15, -0.1) is 14.5 Å². The maximum atomic E-state index is 12.7. The molecular weight excluding hydrogens is 380 g/mol. The second-order valence-corrected chi connectivity index (χ2v) is 9.31. The summed E-state index contributed by atoms with van der Waals surface area (Å²) in [6.07, 6.45) is 0. The highest BCUT2D eigenvalue weighted by atomic mass is 32.3. The molecule has 1 fully saturated rings. The predicted octanol–water partition coefficient (Wildman–Crippen LogP) is 1.86. The van der Waals surface area contributed by atoms with E-state index >= 15 is 0 Å². The topological polar surface area (TPSA) is 98.7 Å². The van der Waals surface area contributed by atoms with Crippen LogP contribution in [0.3, 0.4) is 0 Å². The highest BCUT2D eigenvalue weighted by Gasteiger charge is 2.34. The van der Waals surface area contributed by atoms with E-state index < -0.39 is 15.6 Å². The Bertz CT molecular complexity index is 863. The van der Waals surface area contributed by atoms with Crippen molar-refractivity contribution in [1.82, 2.24) is 19.4 Å². The molecule has 3 rings (SSSR count). The summed E-state index contributed by atoms with van der Waals surface area (Å²) in [4.78, 5) is 14.4. The number of amides is 1. The van der Waals surface area contributed by atoms with Crippen molar-refractivity contribution in [3.63, 3.8) is 0 Å². The first-order chi connectivity index (χ1) is 13.3. The van der Waals surface area contributed by atoms with Crippen LogP contribution >= 0.6 is 0 Å². The van der Waals surface area contributed by atoms with Crippen molar-refractivity contribution in [2.24, 2.45) is 0 Å². The number of nitrogens with zero attached hydrogens (tertiary/aromatic N) is 4. The molecule has 2 aromatic rings. The van der Waals surface area contributed by atoms with Gasteiger partial charge in [0.05, 0.1) is 25.9 Å². The molecule has 1 unspecified atom stereocenters. The Morgan fingerprint density at radius 3 is 2.21 bits per heavy atom. The Kier molecular flexibility index (Phi) is 6.07. The number of sulfonamides is 1. The summed E-state index contributed by atoms with van der Waals surface area (Å²) < 4.78 is 31.0. The SMILES string of the molecule is COc1ccc(-c2ccc(C(=O)N3CCN([S+](=O)([O-])C(C)C)CC3)cc2)nn1. The van der Waals surface area contributed by atoms with Crippen LogP contribution in [0.25, 0.3) is 11.3 Å². The van der Waals surface area contributed by atoms with E-state index in [0.29, 0.717) is 43.3 Å². The smallest absolute Gasteiger partial charge is 0.253 e. The lowest BCUT2D eigenvalue weighted by atomic mass is 10.1. The van der Waals surface area contributed by atoms with Gasteiger partial charge in [0.15, 0.2) is 0 Å². The number of methoxy groups -OCH3 is 1. The monoisotopic (exact) mass is 404 g/mol. The van der Waals surface area contributed by atoms with Gasteiger partial charge < -0.3 is 14.2 Å². The molecule has 0 N–H and O–H groups in total. The second kappa shape index (κ2) is 8.34. The molecule has 1 atom stereocenters. The Morgan fingerprint density at radius 1 is 1.07 bits per heavy atom. The van der Waals surface area contributed by atoms with Gasteiger partial charge in [0.1, 0.15) is 15.6 Å². The zero-order valence-corrected chi connectivity index (χ0v) is 17.0. The molecule has 150 valence electrons. The summed E-state index contributed by atoms with van der Waals surface area (Å²) in [5.74, 6) is 0.336. The quantitative estimate of drug-likeness (QED) is 0.706. The van der Waals surface area contributed by atoms with Crippen LogP contribution in [-0.2, 0) is 14.6 Å². The minimum absolute atomic E-state index is 0.103. The average Bonchev–Trinajstić information content (AvgIpc) is 2.73. The van der Waals surface area contributed by atoms with E-state index in [1.807, 2.05) is 12.1 Å². The maximum Gasteiger partial charge on any atom is 0.253 e. The Morgan fingerprint density at radius 2 is 1.71 bits per heavy atom. The van der Waals surface area contributed by atoms with Gasteiger partial charge >= 0.3 is 0 Å². The molecule has 1 aliphatic heterocycles. The molecule has 0 bridgehead atoms. The maximum absolute atomic E-state index is 12.7. The Labute approximate surface area is 165 Å². The number of rotatable bonds is 5. The minimum atomic E-state index is -3.28. The van der Waals surface area contributed by atoms with Crippen LogP contribution in [0.4, 0.5) is 0 Å². The van der Waals surface area contributed by atoms with E-state index in [-0.39, 0.29) is 5.91 Å². The van der Waals surface area contributed by atoms with Crippen LogP contribution in [0.15, 0.2) is 36.4 Å². The van der Waals surface area contributed by atoms with Crippen LogP contribution in [-0.4, -0.2) is 68.4 Å². The van der Waals surface area contributed by atoms with Crippen LogP contribution < -0.4 is 4.74 Å². The molecular formula is C19H24N4O4S. The first kappa shape index (κ1) is 20.4. The summed E-state index contributed by atoms with van der Waals surface area (Å²) in [6, 6.07) is 10.7. The molecule has 0 spiro atoms. The van der Waals surface area contributed by atoms with Crippen LogP contribution in [0, 0.1) is 0 Å². The summed E-state index contributed by atoms with van der Waals surface area (Å²) in [6.45, 7) is 4.76. The lowest BCUT2D eigenvalue weighted by Crippen LogP contribution is -2.54. The highest BCUT2D eigenvalue weighted by molar-refractivity contribution is 7.95. The number of aromatic nitrogens is 2. The first-order valence-electron chi connectivity index (χ1n) is 9.09. The van der Waals surface area contributed by atoms with E-state index in [9.17, 15) is 13.6 Å². The van der Waals surface area contributed by atoms with Gasteiger partial charge in [-0.05, 0) is 32.0 Å². The fourth-order valence-electron chi connectivity index (χ4n) is 2.99. The van der Waals surface area contributed by atoms with Crippen molar-refractivity contribution in [2.75, 3.05) is 33.3 Å². The standard InChI is InChI=1S/C19H24N4O4S/c1-14(2)28(25,26)23-12-10-22(11-13-23)19(24)16-6-4-15(5-7-16)17-8-9-18(27-3)21-20-17/h4-9,14H,10-13H2,1-3H3. The predicted molar refractivity (Wildman–Crippen MR) is 105 cm³/mol. The Balaban J connectivity index is 1.64. The van der Waals surface area contributed by atoms with Gasteiger partial charge in [-0.3, -0.25) is 4.79 Å². The molecule has 9 heteroatoms. The molecule has 1 aromatic carbocycles. The molecule has 0 aliphatic carbocycles. The zero-order chi connectivity index (χ0) is 20.3. The largest absolute Gasteiger partial charge is 0.597 e. The third kappa shape index (κ3) is 4.21. The number of carbonyl (C=O) groups is 1. The highest BCUT2D eigenvalue weighted by Crippen LogP contribution is 2.21. The number of hydrogen-bond acceptors (Lipinski definition) is 6. The fourth-order valence-corrected chi connectivity index (χ4v) is 4.26. The third-order valence-corrected chi connectivity index (χ3v) is 7.03. The summed E-state index contributed by atoms with van der Waals surface area (Å²) in [7, 11) is -1.75. The van der Waals surface area contributed by atoms with Gasteiger partial charge in [-0.25, -0.2) is 0 Å². The summed E-state index contributed by atoms with van der Waals surface area (Å²) in [5, 5.41) is 7.58. The molecule has 8 nitrogen and oxygen atoms in total. The van der Waals surface area contributed by atoms with E-state index in [4.69, 9.17) is 4.74 Å². The zero-order valence-electron chi connectivity index (χ0n) is 16.2.